The first-order chi connectivity index (χ1) is 17.7. The highest BCUT2D eigenvalue weighted by Gasteiger charge is 2.29. The summed E-state index contributed by atoms with van der Waals surface area (Å²) >= 11 is 9.79. The molecule has 0 fully saturated rings. The van der Waals surface area contributed by atoms with Crippen molar-refractivity contribution in [3.8, 4) is 0 Å². The van der Waals surface area contributed by atoms with Crippen LogP contribution >= 0.6 is 27.5 Å². The number of sulfonamides is 1. The maximum atomic E-state index is 13.4. The van der Waals surface area contributed by atoms with Crippen LogP contribution in [0.4, 0.5) is 5.69 Å². The molecule has 0 saturated heterocycles. The summed E-state index contributed by atoms with van der Waals surface area (Å²) in [5, 5.41) is 8.72. The molecule has 0 atom stereocenters. The Kier molecular flexibility index (Phi) is 7.06. The minimum atomic E-state index is -3.99. The van der Waals surface area contributed by atoms with E-state index in [0.717, 1.165) is 20.2 Å². The lowest BCUT2D eigenvalue weighted by Crippen LogP contribution is -2.39. The number of halogens is 2. The minimum absolute atomic E-state index is 0.0508. The Labute approximate surface area is 228 Å². The molecule has 190 valence electrons. The molecule has 0 saturated carbocycles. The largest absolute Gasteiger partial charge is 0.329 e. The Balaban J connectivity index is 1.36. The molecular weight excluding hydrogens is 578 g/mol. The minimum Gasteiger partial charge on any atom is -0.329 e. The summed E-state index contributed by atoms with van der Waals surface area (Å²) in [6.07, 6.45) is 0.633. The molecule has 3 aromatic carbocycles. The van der Waals surface area contributed by atoms with Gasteiger partial charge >= 0.3 is 0 Å². The molecule has 1 aliphatic heterocycles. The zero-order chi connectivity index (χ0) is 26.2. The molecule has 0 bridgehead atoms. The molecule has 2 heterocycles. The van der Waals surface area contributed by atoms with Crippen LogP contribution in [0.1, 0.15) is 27.6 Å². The van der Waals surface area contributed by atoms with Gasteiger partial charge in [0, 0.05) is 36.6 Å². The number of anilines is 1. The van der Waals surface area contributed by atoms with Gasteiger partial charge in [-0.2, -0.15) is 0 Å². The number of nitrogens with zero attached hydrogens (tertiary/aromatic N) is 5. The first kappa shape index (κ1) is 25.4. The van der Waals surface area contributed by atoms with Crippen molar-refractivity contribution >= 4 is 49.1 Å². The van der Waals surface area contributed by atoms with Crippen molar-refractivity contribution in [3.63, 3.8) is 0 Å². The zero-order valence-corrected chi connectivity index (χ0v) is 23.0. The van der Waals surface area contributed by atoms with Gasteiger partial charge in [-0.1, -0.05) is 57.9 Å². The number of amides is 1. The van der Waals surface area contributed by atoms with Crippen LogP contribution in [-0.4, -0.2) is 47.6 Å². The summed E-state index contributed by atoms with van der Waals surface area (Å²) in [4.78, 5) is 14.9. The fourth-order valence-corrected chi connectivity index (χ4v) is 6.43. The maximum absolute atomic E-state index is 13.4. The van der Waals surface area contributed by atoms with Gasteiger partial charge in [0.05, 0.1) is 17.3 Å². The van der Waals surface area contributed by atoms with E-state index < -0.39 is 10.0 Å². The quantitative estimate of drug-likeness (QED) is 0.318. The normalized spacial score (nSPS) is 13.3. The molecule has 0 radical (unpaired) electrons. The fraction of sp³-hybridized carbons (Fsp3) is 0.192. The predicted octanol–water partition coefficient (Wildman–Crippen LogP) is 4.77. The van der Waals surface area contributed by atoms with E-state index in [1.54, 1.807) is 41.3 Å². The lowest BCUT2D eigenvalue weighted by Gasteiger charge is -2.28. The van der Waals surface area contributed by atoms with Crippen molar-refractivity contribution in [2.24, 2.45) is 0 Å². The number of carbonyl (C=O) groups is 1. The van der Waals surface area contributed by atoms with Gasteiger partial charge in [-0.25, -0.2) is 8.42 Å². The van der Waals surface area contributed by atoms with E-state index >= 15 is 0 Å². The average Bonchev–Trinajstić information content (AvgIpc) is 3.30. The first-order valence-electron chi connectivity index (χ1n) is 11.5. The summed E-state index contributed by atoms with van der Waals surface area (Å²) < 4.78 is 30.9. The number of aromatic nitrogens is 3. The Morgan fingerprint density at radius 1 is 1.03 bits per heavy atom. The average molecular weight is 601 g/mol. The zero-order valence-electron chi connectivity index (χ0n) is 19.9. The van der Waals surface area contributed by atoms with Crippen molar-refractivity contribution in [1.29, 1.82) is 0 Å². The molecule has 37 heavy (non-hydrogen) atoms. The maximum Gasteiger partial charge on any atom is 0.265 e. The Morgan fingerprint density at radius 2 is 1.81 bits per heavy atom. The van der Waals surface area contributed by atoms with Crippen LogP contribution < -0.4 is 4.31 Å². The monoisotopic (exact) mass is 599 g/mol. The van der Waals surface area contributed by atoms with E-state index in [1.165, 1.54) is 19.2 Å². The summed E-state index contributed by atoms with van der Waals surface area (Å²) in [7, 11) is -2.53. The third-order valence-corrected chi connectivity index (χ3v) is 9.07. The van der Waals surface area contributed by atoms with Crippen LogP contribution in [0.2, 0.25) is 5.02 Å². The standard InChI is InChI=1S/C26H23BrClN5O3S/c1-31(21-8-3-2-4-9-21)37(35,36)23-16-19(10-11-22(23)28)26(34)32-12-13-33-24(29-30-25(33)17-32)15-18-6-5-7-20(27)14-18/h2-11,14,16H,12-13,15,17H2,1H3. The summed E-state index contributed by atoms with van der Waals surface area (Å²) in [6, 6.07) is 21.1. The topological polar surface area (TPSA) is 88.4 Å². The second kappa shape index (κ2) is 10.3. The molecule has 0 N–H and O–H groups in total. The first-order valence-corrected chi connectivity index (χ1v) is 14.1. The van der Waals surface area contributed by atoms with E-state index in [2.05, 4.69) is 26.1 Å². The van der Waals surface area contributed by atoms with Crippen LogP contribution in [0.5, 0.6) is 0 Å². The molecule has 5 rings (SSSR count). The highest BCUT2D eigenvalue weighted by molar-refractivity contribution is 9.10. The van der Waals surface area contributed by atoms with Crippen LogP contribution in [-0.2, 0) is 29.5 Å². The van der Waals surface area contributed by atoms with Gasteiger partial charge in [-0.3, -0.25) is 9.10 Å². The van der Waals surface area contributed by atoms with Gasteiger partial charge in [0.25, 0.3) is 15.9 Å². The van der Waals surface area contributed by atoms with Crippen molar-refractivity contribution in [1.82, 2.24) is 19.7 Å². The molecule has 1 amide bonds. The smallest absolute Gasteiger partial charge is 0.265 e. The fourth-order valence-electron chi connectivity index (χ4n) is 4.29. The third kappa shape index (κ3) is 5.14. The van der Waals surface area contributed by atoms with Crippen molar-refractivity contribution < 1.29 is 13.2 Å². The number of fused-ring (bicyclic) bond motifs is 1. The Hall–Kier alpha value is -3.21. The number of para-hydroxylation sites is 1. The molecule has 11 heteroatoms. The lowest BCUT2D eigenvalue weighted by molar-refractivity contribution is 0.0706. The number of carbonyl (C=O) groups excluding carboxylic acids is 1. The molecule has 0 spiro atoms. The summed E-state index contributed by atoms with van der Waals surface area (Å²) in [5.74, 6) is 1.23. The third-order valence-electron chi connectivity index (χ3n) is 6.30. The van der Waals surface area contributed by atoms with Gasteiger partial charge in [0.2, 0.25) is 0 Å². The van der Waals surface area contributed by atoms with Gasteiger partial charge in [0.15, 0.2) is 5.82 Å². The Bertz CT molecular complexity index is 1580. The molecule has 8 nitrogen and oxygen atoms in total. The summed E-state index contributed by atoms with van der Waals surface area (Å²) in [6.45, 7) is 1.27. The SMILES string of the molecule is CN(c1ccccc1)S(=O)(=O)c1cc(C(=O)N2CCn3c(Cc4cccc(Br)c4)nnc3C2)ccc1Cl. The van der Waals surface area contributed by atoms with Crippen molar-refractivity contribution in [2.45, 2.75) is 24.4 Å². The molecule has 0 unspecified atom stereocenters. The van der Waals surface area contributed by atoms with E-state index in [9.17, 15) is 13.2 Å². The molecule has 1 aromatic heterocycles. The van der Waals surface area contributed by atoms with Crippen molar-refractivity contribution in [3.05, 3.63) is 105 Å². The van der Waals surface area contributed by atoms with E-state index in [0.29, 0.717) is 31.0 Å². The molecule has 1 aliphatic rings. The van der Waals surface area contributed by atoms with E-state index in [4.69, 9.17) is 11.6 Å². The molecule has 0 aliphatic carbocycles. The summed E-state index contributed by atoms with van der Waals surface area (Å²) in [5.41, 5.74) is 1.84. The second-order valence-electron chi connectivity index (χ2n) is 8.67. The highest BCUT2D eigenvalue weighted by atomic mass is 79.9. The Morgan fingerprint density at radius 3 is 2.57 bits per heavy atom. The highest BCUT2D eigenvalue weighted by Crippen LogP contribution is 2.29. The van der Waals surface area contributed by atoms with Gasteiger partial charge in [-0.05, 0) is 48.0 Å². The second-order valence-corrected chi connectivity index (χ2v) is 11.9. The van der Waals surface area contributed by atoms with Gasteiger partial charge in [-0.15, -0.1) is 10.2 Å². The number of hydrogen-bond acceptors (Lipinski definition) is 5. The van der Waals surface area contributed by atoms with Crippen LogP contribution in [0.15, 0.2) is 82.2 Å². The van der Waals surface area contributed by atoms with E-state index in [-0.39, 0.29) is 27.9 Å². The van der Waals surface area contributed by atoms with Crippen LogP contribution in [0.25, 0.3) is 0 Å². The number of benzene rings is 3. The predicted molar refractivity (Wildman–Crippen MR) is 145 cm³/mol. The van der Waals surface area contributed by atoms with Gasteiger partial charge in [0.1, 0.15) is 10.7 Å². The lowest BCUT2D eigenvalue weighted by atomic mass is 10.1. The number of hydrogen-bond donors (Lipinski definition) is 0. The number of rotatable bonds is 6. The van der Waals surface area contributed by atoms with Gasteiger partial charge < -0.3 is 9.47 Å². The molecule has 4 aromatic rings. The van der Waals surface area contributed by atoms with Crippen LogP contribution in [0.3, 0.4) is 0 Å². The molecular formula is C26H23BrClN5O3S. The van der Waals surface area contributed by atoms with Crippen LogP contribution in [0, 0.1) is 0 Å². The van der Waals surface area contributed by atoms with E-state index in [1.807, 2.05) is 28.8 Å². The van der Waals surface area contributed by atoms with Crippen molar-refractivity contribution in [2.75, 3.05) is 17.9 Å².